The van der Waals surface area contributed by atoms with E-state index in [2.05, 4.69) is 36.8 Å². The molecule has 3 heteroatoms. The van der Waals surface area contributed by atoms with Crippen LogP contribution in [0.1, 0.15) is 0 Å². The van der Waals surface area contributed by atoms with E-state index in [4.69, 9.17) is 0 Å². The fourth-order valence-electron chi connectivity index (χ4n) is 0. The first kappa shape index (κ1) is 5.22. The molecule has 1 atom stereocenters. The standard InChI is InChI=1S/CH4BIP/c3-2-1-4/h1,4H2. The van der Waals surface area contributed by atoms with Crippen LogP contribution in [0.25, 0.3) is 0 Å². The molecular weight excluding hydrogens is 181 g/mol. The Labute approximate surface area is 43.1 Å². The molecule has 0 rings (SSSR count). The van der Waals surface area contributed by atoms with E-state index < -0.39 is 0 Å². The van der Waals surface area contributed by atoms with Crippen molar-refractivity contribution >= 4 is 36.8 Å². The number of rotatable bonds is 1. The molecule has 0 amide bonds. The molecule has 1 unspecified atom stereocenters. The van der Waals surface area contributed by atoms with Gasteiger partial charge in [-0.2, -0.15) is 22.4 Å². The smallest absolute Gasteiger partial charge is 0.158 e. The van der Waals surface area contributed by atoms with Crippen molar-refractivity contribution in [3.63, 3.8) is 0 Å². The normalized spacial score (nSPS) is 6.50. The minimum Gasteiger partial charge on any atom is -0.158 e. The average molecular weight is 185 g/mol. The Morgan fingerprint density at radius 2 is 2.25 bits per heavy atom. The molecule has 0 aliphatic rings. The van der Waals surface area contributed by atoms with E-state index in [-0.39, 0.29) is 0 Å². The fraction of sp³-hybridized carbons (Fsp3) is 1.00. The maximum atomic E-state index is 2.59. The van der Waals surface area contributed by atoms with Crippen LogP contribution in [0, 0.1) is 0 Å². The van der Waals surface area contributed by atoms with Crippen LogP contribution in [-0.4, -0.2) is 11.2 Å². The highest BCUT2D eigenvalue weighted by Crippen LogP contribution is 1.80. The molecule has 0 heterocycles. The van der Waals surface area contributed by atoms with E-state index in [0.717, 1.165) is 6.06 Å². The number of halogens is 1. The minimum absolute atomic E-state index is 1.10. The van der Waals surface area contributed by atoms with Crippen molar-refractivity contribution in [1.29, 1.82) is 0 Å². The van der Waals surface area contributed by atoms with Gasteiger partial charge in [0, 0.05) is 0 Å². The molecule has 23 valence electrons. The van der Waals surface area contributed by atoms with E-state index in [9.17, 15) is 0 Å². The largest absolute Gasteiger partial charge is 0.204 e. The van der Waals surface area contributed by atoms with Crippen molar-refractivity contribution in [3.05, 3.63) is 0 Å². The van der Waals surface area contributed by atoms with Crippen molar-refractivity contribution in [2.45, 2.75) is 0 Å². The summed E-state index contributed by atoms with van der Waals surface area (Å²) in [5.41, 5.74) is 0. The van der Waals surface area contributed by atoms with E-state index in [0.29, 0.717) is 0 Å². The highest BCUT2D eigenvalue weighted by molar-refractivity contribution is 14.1. The van der Waals surface area contributed by atoms with Crippen molar-refractivity contribution in [2.24, 2.45) is 0 Å². The van der Waals surface area contributed by atoms with E-state index >= 15 is 0 Å². The van der Waals surface area contributed by atoms with E-state index in [1.54, 1.807) is 0 Å². The zero-order chi connectivity index (χ0) is 3.41. The van der Waals surface area contributed by atoms with Crippen LogP contribution in [0.5, 0.6) is 0 Å². The van der Waals surface area contributed by atoms with Gasteiger partial charge in [-0.15, -0.1) is 9.24 Å². The predicted octanol–water partition coefficient (Wildman–Crippen LogP) is 0.873. The first-order valence-corrected chi connectivity index (χ1v) is 3.10. The third-order valence-corrected chi connectivity index (χ3v) is 1.79. The van der Waals surface area contributed by atoms with Gasteiger partial charge in [-0.25, -0.2) is 0 Å². The second-order valence-electron chi connectivity index (χ2n) is 0.390. The number of hydrogen-bond donors (Lipinski definition) is 0. The first-order valence-electron chi connectivity index (χ1n) is 1.03. The maximum Gasteiger partial charge on any atom is 0.204 e. The lowest BCUT2D eigenvalue weighted by molar-refractivity contribution is 2.25. The van der Waals surface area contributed by atoms with Gasteiger partial charge in [0.1, 0.15) is 0 Å². The zero-order valence-electron chi connectivity index (χ0n) is 2.24. The summed E-state index contributed by atoms with van der Waals surface area (Å²) in [6.07, 6.45) is 0. The Kier molecular flexibility index (Phi) is 5.52. The van der Waals surface area contributed by atoms with Crippen molar-refractivity contribution in [3.8, 4) is 0 Å². The monoisotopic (exact) mass is 185 g/mol. The summed E-state index contributed by atoms with van der Waals surface area (Å²) in [5, 5.41) is 2.06. The van der Waals surface area contributed by atoms with Crippen LogP contribution in [0.15, 0.2) is 0 Å². The van der Waals surface area contributed by atoms with Crippen LogP contribution < -0.4 is 0 Å². The molecule has 1 radical (unpaired) electrons. The molecule has 0 bridgehead atoms. The molecule has 0 spiro atoms. The van der Waals surface area contributed by atoms with Gasteiger partial charge < -0.3 is 0 Å². The Bertz CT molecular complexity index is 10.0. The molecule has 0 N–H and O–H groups in total. The quantitative estimate of drug-likeness (QED) is 0.323. The van der Waals surface area contributed by atoms with Crippen molar-refractivity contribution < 1.29 is 0 Å². The Morgan fingerprint density at radius 1 is 2.00 bits per heavy atom. The van der Waals surface area contributed by atoms with Gasteiger partial charge in [-0.1, -0.05) is 6.06 Å². The lowest BCUT2D eigenvalue weighted by Crippen LogP contribution is -1.69. The molecule has 0 saturated carbocycles. The van der Waals surface area contributed by atoms with Crippen LogP contribution in [0.4, 0.5) is 0 Å². The van der Waals surface area contributed by atoms with Crippen molar-refractivity contribution in [2.75, 3.05) is 6.06 Å². The summed E-state index contributed by atoms with van der Waals surface area (Å²) >= 11 is 2.21. The SMILES string of the molecule is PC[B]I. The third-order valence-electron chi connectivity index (χ3n) is 0.0891. The molecule has 4 heavy (non-hydrogen) atoms. The van der Waals surface area contributed by atoms with Gasteiger partial charge in [-0.05, 0) is 0 Å². The highest BCUT2D eigenvalue weighted by atomic mass is 127. The highest BCUT2D eigenvalue weighted by Gasteiger charge is 1.64. The van der Waals surface area contributed by atoms with E-state index in [1.165, 1.54) is 0 Å². The third kappa shape index (κ3) is 3.22. The summed E-state index contributed by atoms with van der Waals surface area (Å²) in [5.74, 6) is 0. The predicted molar refractivity (Wildman–Crippen MR) is 34.4 cm³/mol. The van der Waals surface area contributed by atoms with Gasteiger partial charge in [0.2, 0.25) is 5.14 Å². The lowest BCUT2D eigenvalue weighted by Gasteiger charge is -1.62. The molecule has 0 aliphatic heterocycles. The molecular formula is CH4BIP. The van der Waals surface area contributed by atoms with Gasteiger partial charge in [-0.3, -0.25) is 0 Å². The molecule has 0 aromatic rings. The Hall–Kier alpha value is 1.22. The van der Waals surface area contributed by atoms with E-state index in [1.807, 2.05) is 0 Å². The summed E-state index contributed by atoms with van der Waals surface area (Å²) in [4.78, 5) is 0. The van der Waals surface area contributed by atoms with Gasteiger partial charge in [0.05, 0.1) is 0 Å². The zero-order valence-corrected chi connectivity index (χ0v) is 5.55. The van der Waals surface area contributed by atoms with Crippen LogP contribution >= 0.6 is 31.6 Å². The lowest BCUT2D eigenvalue weighted by atomic mass is 10.2. The first-order chi connectivity index (χ1) is 1.91. The minimum atomic E-state index is 1.10. The molecule has 0 aromatic carbocycles. The van der Waals surface area contributed by atoms with Gasteiger partial charge >= 0.3 is 0 Å². The topological polar surface area (TPSA) is 0 Å². The average Bonchev–Trinajstić information content (AvgIpc) is 1.37. The molecule has 0 fully saturated rings. The Morgan fingerprint density at radius 3 is 2.25 bits per heavy atom. The second kappa shape index (κ2) is 4.22. The number of hydrogen-bond acceptors (Lipinski definition) is 0. The summed E-state index contributed by atoms with van der Waals surface area (Å²) in [7, 11) is 2.59. The second-order valence-corrected chi connectivity index (χ2v) is 1.74. The van der Waals surface area contributed by atoms with Crippen LogP contribution in [-0.2, 0) is 0 Å². The molecule has 0 aromatic heterocycles. The van der Waals surface area contributed by atoms with Crippen LogP contribution in [0.3, 0.4) is 0 Å². The van der Waals surface area contributed by atoms with Crippen molar-refractivity contribution in [1.82, 2.24) is 0 Å². The van der Waals surface area contributed by atoms with Gasteiger partial charge in [0.15, 0.2) is 0 Å². The summed E-state index contributed by atoms with van der Waals surface area (Å²) in [6.45, 7) is 0. The van der Waals surface area contributed by atoms with Crippen LogP contribution in [0.2, 0.25) is 0 Å². The van der Waals surface area contributed by atoms with Gasteiger partial charge in [0.25, 0.3) is 0 Å². The molecule has 0 saturated heterocycles. The summed E-state index contributed by atoms with van der Waals surface area (Å²) < 4.78 is 0. The maximum absolute atomic E-state index is 2.59. The molecule has 0 aliphatic carbocycles. The summed E-state index contributed by atoms with van der Waals surface area (Å²) in [6, 6.07) is 1.10. The fourth-order valence-corrected chi connectivity index (χ4v) is 0. The Balaban J connectivity index is 1.97. The molecule has 0 nitrogen and oxygen atoms in total.